The summed E-state index contributed by atoms with van der Waals surface area (Å²) < 4.78 is 20.2. The number of aliphatic hydroxyl groups is 2. The molecule has 7 nitrogen and oxygen atoms in total. The molecule has 0 radical (unpaired) electrons. The SMILES string of the molecule is C[C@]1(F)[C@H](O)[C@@H](CO)O[C@H]1n1cn[nH]c1=O. The normalized spacial score (nSPS) is 39.1. The van der Waals surface area contributed by atoms with E-state index in [2.05, 4.69) is 10.2 Å². The first-order valence-electron chi connectivity index (χ1n) is 4.73. The maximum atomic E-state index is 14.2. The lowest BCUT2D eigenvalue weighted by molar-refractivity contribution is -0.0604. The zero-order valence-corrected chi connectivity index (χ0v) is 8.50. The van der Waals surface area contributed by atoms with Gasteiger partial charge in [-0.3, -0.25) is 4.57 Å². The molecule has 3 N–H and O–H groups in total. The van der Waals surface area contributed by atoms with E-state index in [1.807, 2.05) is 0 Å². The fraction of sp³-hybridized carbons (Fsp3) is 0.750. The molecule has 1 aromatic heterocycles. The summed E-state index contributed by atoms with van der Waals surface area (Å²) >= 11 is 0. The highest BCUT2D eigenvalue weighted by Crippen LogP contribution is 2.40. The first-order chi connectivity index (χ1) is 7.48. The summed E-state index contributed by atoms with van der Waals surface area (Å²) in [5.74, 6) is 0. The highest BCUT2D eigenvalue weighted by Gasteiger charge is 2.55. The number of ether oxygens (including phenoxy) is 1. The van der Waals surface area contributed by atoms with Gasteiger partial charge in [0.05, 0.1) is 6.61 Å². The van der Waals surface area contributed by atoms with Crippen LogP contribution in [0.3, 0.4) is 0 Å². The summed E-state index contributed by atoms with van der Waals surface area (Å²) in [6.07, 6.45) is -2.77. The molecule has 0 unspecified atom stereocenters. The van der Waals surface area contributed by atoms with E-state index >= 15 is 0 Å². The molecule has 4 atom stereocenters. The number of alkyl halides is 1. The second-order valence-corrected chi connectivity index (χ2v) is 3.87. The number of halogens is 1. The van der Waals surface area contributed by atoms with Gasteiger partial charge in [0.2, 0.25) is 0 Å². The first kappa shape index (κ1) is 11.2. The zero-order chi connectivity index (χ0) is 11.9. The lowest BCUT2D eigenvalue weighted by Gasteiger charge is -2.23. The molecule has 1 saturated heterocycles. The van der Waals surface area contributed by atoms with E-state index in [9.17, 15) is 14.3 Å². The van der Waals surface area contributed by atoms with Crippen molar-refractivity contribution >= 4 is 0 Å². The number of aliphatic hydroxyl groups excluding tert-OH is 2. The maximum Gasteiger partial charge on any atom is 0.345 e. The quantitative estimate of drug-likeness (QED) is 0.580. The van der Waals surface area contributed by atoms with Gasteiger partial charge in [-0.2, -0.15) is 5.10 Å². The van der Waals surface area contributed by atoms with Crippen molar-refractivity contribution in [1.82, 2.24) is 14.8 Å². The van der Waals surface area contributed by atoms with Gasteiger partial charge in [-0.15, -0.1) is 0 Å². The molecule has 1 fully saturated rings. The smallest absolute Gasteiger partial charge is 0.345 e. The number of hydrogen-bond acceptors (Lipinski definition) is 5. The van der Waals surface area contributed by atoms with E-state index in [4.69, 9.17) is 9.84 Å². The number of aromatic nitrogens is 3. The molecule has 1 aliphatic rings. The minimum atomic E-state index is -2.17. The Morgan fingerprint density at radius 3 is 2.94 bits per heavy atom. The fourth-order valence-corrected chi connectivity index (χ4v) is 1.79. The minimum Gasteiger partial charge on any atom is -0.394 e. The van der Waals surface area contributed by atoms with Crippen molar-refractivity contribution in [1.29, 1.82) is 0 Å². The molecule has 2 rings (SSSR count). The first-order valence-corrected chi connectivity index (χ1v) is 4.73. The molecular weight excluding hydrogens is 221 g/mol. The van der Waals surface area contributed by atoms with Crippen LogP contribution >= 0.6 is 0 Å². The summed E-state index contributed by atoms with van der Waals surface area (Å²) in [7, 11) is 0. The third-order valence-electron chi connectivity index (χ3n) is 2.73. The lowest BCUT2D eigenvalue weighted by atomic mass is 9.99. The summed E-state index contributed by atoms with van der Waals surface area (Å²) in [5.41, 5.74) is -2.80. The van der Waals surface area contributed by atoms with Gasteiger partial charge >= 0.3 is 5.69 Å². The average Bonchev–Trinajstić information content (AvgIpc) is 2.72. The number of nitrogens with zero attached hydrogens (tertiary/aromatic N) is 2. The van der Waals surface area contributed by atoms with Crippen LogP contribution in [0.15, 0.2) is 11.1 Å². The topological polar surface area (TPSA) is 100 Å². The highest BCUT2D eigenvalue weighted by molar-refractivity contribution is 4.99. The van der Waals surface area contributed by atoms with Gasteiger partial charge in [-0.1, -0.05) is 0 Å². The van der Waals surface area contributed by atoms with E-state index < -0.39 is 36.4 Å². The van der Waals surface area contributed by atoms with Gasteiger partial charge < -0.3 is 14.9 Å². The largest absolute Gasteiger partial charge is 0.394 e. The molecule has 0 spiro atoms. The van der Waals surface area contributed by atoms with Crippen molar-refractivity contribution in [3.8, 4) is 0 Å². The Bertz CT molecular complexity index is 429. The molecule has 1 aliphatic heterocycles. The molecular formula is C8H12FN3O4. The van der Waals surface area contributed by atoms with Crippen molar-refractivity contribution in [2.24, 2.45) is 0 Å². The van der Waals surface area contributed by atoms with Gasteiger partial charge in [0.25, 0.3) is 0 Å². The molecule has 0 bridgehead atoms. The average molecular weight is 233 g/mol. The second kappa shape index (κ2) is 3.65. The van der Waals surface area contributed by atoms with Crippen LogP contribution in [0.4, 0.5) is 4.39 Å². The maximum absolute atomic E-state index is 14.2. The number of rotatable bonds is 2. The Balaban J connectivity index is 2.37. The van der Waals surface area contributed by atoms with E-state index in [-0.39, 0.29) is 0 Å². The third kappa shape index (κ3) is 1.46. The van der Waals surface area contributed by atoms with Crippen LogP contribution in [0.25, 0.3) is 0 Å². The Hall–Kier alpha value is -1.25. The van der Waals surface area contributed by atoms with Gasteiger partial charge in [0.1, 0.15) is 18.5 Å². The van der Waals surface area contributed by atoms with Crippen LogP contribution in [0.2, 0.25) is 0 Å². The molecule has 2 heterocycles. The predicted molar refractivity (Wildman–Crippen MR) is 49.4 cm³/mol. The Labute approximate surface area is 89.5 Å². The van der Waals surface area contributed by atoms with Crippen LogP contribution in [0.5, 0.6) is 0 Å². The van der Waals surface area contributed by atoms with Gasteiger partial charge in [-0.05, 0) is 6.92 Å². The molecule has 90 valence electrons. The Kier molecular flexibility index (Phi) is 2.56. The fourth-order valence-electron chi connectivity index (χ4n) is 1.79. The molecule has 0 saturated carbocycles. The zero-order valence-electron chi connectivity index (χ0n) is 8.50. The number of hydrogen-bond donors (Lipinski definition) is 3. The molecule has 8 heteroatoms. The van der Waals surface area contributed by atoms with Crippen LogP contribution in [-0.4, -0.2) is 49.5 Å². The number of nitrogens with one attached hydrogen (secondary N) is 1. The van der Waals surface area contributed by atoms with Crippen LogP contribution in [0.1, 0.15) is 13.2 Å². The lowest BCUT2D eigenvalue weighted by Crippen LogP contribution is -2.42. The van der Waals surface area contributed by atoms with E-state index in [1.54, 1.807) is 0 Å². The van der Waals surface area contributed by atoms with Gasteiger partial charge in [0.15, 0.2) is 11.9 Å². The summed E-state index contributed by atoms with van der Waals surface area (Å²) in [6.45, 7) is 0.585. The Morgan fingerprint density at radius 2 is 2.50 bits per heavy atom. The standard InChI is InChI=1S/C8H12FN3O4/c1-8(9)5(14)4(2-13)16-6(8)12-3-10-11-7(12)15/h3-6,13-14H,2H2,1H3,(H,11,15)/t4-,5-,6-,8+/m1/s1. The summed E-state index contributed by atoms with van der Waals surface area (Å²) in [4.78, 5) is 11.2. The molecule has 1 aromatic rings. The van der Waals surface area contributed by atoms with Crippen LogP contribution in [-0.2, 0) is 4.74 Å². The highest BCUT2D eigenvalue weighted by atomic mass is 19.1. The van der Waals surface area contributed by atoms with Crippen LogP contribution in [0, 0.1) is 0 Å². The monoisotopic (exact) mass is 233 g/mol. The van der Waals surface area contributed by atoms with E-state index in [0.717, 1.165) is 17.8 Å². The van der Waals surface area contributed by atoms with Gasteiger partial charge in [-0.25, -0.2) is 14.3 Å². The third-order valence-corrected chi connectivity index (χ3v) is 2.73. The molecule has 16 heavy (non-hydrogen) atoms. The van der Waals surface area contributed by atoms with Crippen molar-refractivity contribution < 1.29 is 19.3 Å². The summed E-state index contributed by atoms with van der Waals surface area (Å²) in [5, 5.41) is 24.0. The van der Waals surface area contributed by atoms with Crippen molar-refractivity contribution in [2.45, 2.75) is 31.0 Å². The number of H-pyrrole nitrogens is 1. The molecule has 0 amide bonds. The molecule has 0 aliphatic carbocycles. The van der Waals surface area contributed by atoms with Crippen LogP contribution < -0.4 is 5.69 Å². The van der Waals surface area contributed by atoms with Crippen molar-refractivity contribution in [3.05, 3.63) is 16.8 Å². The van der Waals surface area contributed by atoms with Crippen molar-refractivity contribution in [3.63, 3.8) is 0 Å². The Morgan fingerprint density at radius 1 is 1.81 bits per heavy atom. The van der Waals surface area contributed by atoms with Crippen molar-refractivity contribution in [2.75, 3.05) is 6.61 Å². The second-order valence-electron chi connectivity index (χ2n) is 3.87. The van der Waals surface area contributed by atoms with Gasteiger partial charge in [0, 0.05) is 0 Å². The molecule has 0 aromatic carbocycles. The summed E-state index contributed by atoms with van der Waals surface area (Å²) in [6, 6.07) is 0. The van der Waals surface area contributed by atoms with E-state index in [1.165, 1.54) is 0 Å². The minimum absolute atomic E-state index is 0.524. The number of aromatic amines is 1. The van der Waals surface area contributed by atoms with E-state index in [0.29, 0.717) is 0 Å². The predicted octanol–water partition coefficient (Wildman–Crippen LogP) is -1.45.